The number of ether oxygens (including phenoxy) is 1. The normalized spacial score (nSPS) is 14.8. The molecular weight excluding hydrogens is 344 g/mol. The van der Waals surface area contributed by atoms with Crippen molar-refractivity contribution >= 4 is 6.47 Å². The molecule has 2 aromatic rings. The van der Waals surface area contributed by atoms with Crippen LogP contribution in [0.5, 0.6) is 0 Å². The van der Waals surface area contributed by atoms with Gasteiger partial charge in [0.2, 0.25) is 0 Å². The topological polar surface area (TPSA) is 26.3 Å². The Labute approximate surface area is 171 Å². The number of carbonyl (C=O) groups is 1. The van der Waals surface area contributed by atoms with Gasteiger partial charge < -0.3 is 4.74 Å². The van der Waals surface area contributed by atoms with Gasteiger partial charge in [-0.05, 0) is 40.7 Å². The number of hydrogen-bond acceptors (Lipinski definition) is 2. The van der Waals surface area contributed by atoms with Crippen molar-refractivity contribution in [2.24, 2.45) is 16.7 Å². The number of hydrogen-bond donors (Lipinski definition) is 0. The summed E-state index contributed by atoms with van der Waals surface area (Å²) in [6, 6.07) is 16.2. The van der Waals surface area contributed by atoms with E-state index in [1.54, 1.807) is 0 Å². The summed E-state index contributed by atoms with van der Waals surface area (Å²) in [4.78, 5) is 10.7. The van der Waals surface area contributed by atoms with Gasteiger partial charge in [-0.15, -0.1) is 0 Å². The molecule has 2 heteroatoms. The molecule has 0 N–H and O–H groups in total. The number of carbonyl (C=O) groups excluding carboxylic acids is 1. The van der Waals surface area contributed by atoms with Crippen LogP contribution in [0.25, 0.3) is 0 Å². The largest absolute Gasteiger partial charge is 0.455 e. The summed E-state index contributed by atoms with van der Waals surface area (Å²) in [6.45, 7) is 16.8. The summed E-state index contributed by atoms with van der Waals surface area (Å²) in [6.07, 6.45) is 1.97. The molecule has 1 atom stereocenters. The lowest BCUT2D eigenvalue weighted by Crippen LogP contribution is -2.22. The van der Waals surface area contributed by atoms with E-state index < -0.39 is 0 Å². The smallest absolute Gasteiger partial charge is 0.294 e. The molecule has 0 aromatic heterocycles. The third-order valence-corrected chi connectivity index (χ3v) is 5.64. The molecule has 1 aliphatic rings. The lowest BCUT2D eigenvalue weighted by Gasteiger charge is -2.32. The first kappa shape index (κ1) is 22.2. The Kier molecular flexibility index (Phi) is 7.09. The van der Waals surface area contributed by atoms with Crippen molar-refractivity contribution < 1.29 is 9.53 Å². The van der Waals surface area contributed by atoms with E-state index in [4.69, 9.17) is 4.74 Å². The van der Waals surface area contributed by atoms with E-state index in [0.29, 0.717) is 17.3 Å². The van der Waals surface area contributed by atoms with E-state index in [-0.39, 0.29) is 6.10 Å². The van der Waals surface area contributed by atoms with Crippen LogP contribution < -0.4 is 0 Å². The molecule has 2 aromatic carbocycles. The molecule has 0 aliphatic heterocycles. The van der Waals surface area contributed by atoms with Gasteiger partial charge in [0.05, 0.1) is 0 Å². The highest BCUT2D eigenvalue weighted by Crippen LogP contribution is 2.37. The second kappa shape index (κ2) is 8.94. The van der Waals surface area contributed by atoms with E-state index in [1.807, 2.05) is 36.4 Å². The first-order valence-electron chi connectivity index (χ1n) is 10.3. The van der Waals surface area contributed by atoms with Crippen molar-refractivity contribution in [3.05, 3.63) is 70.8 Å². The predicted molar refractivity (Wildman–Crippen MR) is 117 cm³/mol. The highest BCUT2D eigenvalue weighted by molar-refractivity contribution is 5.50. The highest BCUT2D eigenvalue weighted by atomic mass is 16.5. The molecule has 152 valence electrons. The zero-order valence-corrected chi connectivity index (χ0v) is 18.6. The van der Waals surface area contributed by atoms with Crippen LogP contribution in [0.15, 0.2) is 48.5 Å². The molecule has 1 aliphatic carbocycles. The van der Waals surface area contributed by atoms with Crippen molar-refractivity contribution in [2.75, 3.05) is 0 Å². The van der Waals surface area contributed by atoms with Gasteiger partial charge in [0.25, 0.3) is 6.47 Å². The van der Waals surface area contributed by atoms with Gasteiger partial charge in [-0.25, -0.2) is 0 Å². The molecule has 0 radical (unpaired) electrons. The summed E-state index contributed by atoms with van der Waals surface area (Å²) >= 11 is 0. The molecule has 1 unspecified atom stereocenters. The monoisotopic (exact) mass is 380 g/mol. The van der Waals surface area contributed by atoms with E-state index in [2.05, 4.69) is 60.6 Å². The molecule has 3 rings (SSSR count). The first-order valence-corrected chi connectivity index (χ1v) is 10.3. The summed E-state index contributed by atoms with van der Waals surface area (Å²) in [7, 11) is 0. The van der Waals surface area contributed by atoms with Crippen LogP contribution in [0.4, 0.5) is 0 Å². The number of fused-ring (bicyclic) bond motifs is 2. The van der Waals surface area contributed by atoms with Gasteiger partial charge in [0, 0.05) is 11.1 Å². The standard InChI is InChI=1S/C15H12O2.C11H24/c16-10-17-15-13-7-3-1-5-11(13)9-12-6-2-4-8-14(12)15;1-9(11(5,6)7)8-10(2,3)4/h1-8,10,15H,9H2;9H,8H2,1-7H3. The van der Waals surface area contributed by atoms with Crippen LogP contribution in [0.2, 0.25) is 0 Å². The minimum atomic E-state index is -0.256. The second-order valence-electron chi connectivity index (χ2n) is 10.2. The van der Waals surface area contributed by atoms with Crippen molar-refractivity contribution in [1.29, 1.82) is 0 Å². The SMILES string of the molecule is CC(CC(C)(C)C)C(C)(C)C.O=COC1c2ccccc2Cc2ccccc21. The average Bonchev–Trinajstić information content (AvgIpc) is 2.60. The Bertz CT molecular complexity index is 732. The molecule has 28 heavy (non-hydrogen) atoms. The molecule has 0 heterocycles. The summed E-state index contributed by atoms with van der Waals surface area (Å²) in [5.41, 5.74) is 5.60. The lowest BCUT2D eigenvalue weighted by atomic mass is 9.73. The molecule has 0 amide bonds. The fraction of sp³-hybridized carbons (Fsp3) is 0.500. The Morgan fingerprint density at radius 2 is 1.39 bits per heavy atom. The van der Waals surface area contributed by atoms with Gasteiger partial charge >= 0.3 is 0 Å². The minimum Gasteiger partial charge on any atom is -0.455 e. The van der Waals surface area contributed by atoms with Crippen LogP contribution in [-0.2, 0) is 16.0 Å². The van der Waals surface area contributed by atoms with Crippen LogP contribution >= 0.6 is 0 Å². The van der Waals surface area contributed by atoms with Crippen LogP contribution in [0.1, 0.15) is 83.2 Å². The zero-order chi connectivity index (χ0) is 20.9. The Morgan fingerprint density at radius 3 is 1.75 bits per heavy atom. The van der Waals surface area contributed by atoms with Gasteiger partial charge in [-0.2, -0.15) is 0 Å². The minimum absolute atomic E-state index is 0.256. The molecule has 0 saturated heterocycles. The van der Waals surface area contributed by atoms with Gasteiger partial charge in [0.1, 0.15) is 0 Å². The fourth-order valence-corrected chi connectivity index (χ4v) is 3.70. The average molecular weight is 381 g/mol. The Morgan fingerprint density at radius 1 is 0.929 bits per heavy atom. The third-order valence-electron chi connectivity index (χ3n) is 5.64. The summed E-state index contributed by atoms with van der Waals surface area (Å²) < 4.78 is 5.26. The molecule has 0 fully saturated rings. The number of rotatable bonds is 3. The molecule has 0 saturated carbocycles. The van der Waals surface area contributed by atoms with E-state index >= 15 is 0 Å². The maximum absolute atomic E-state index is 10.7. The lowest BCUT2D eigenvalue weighted by molar-refractivity contribution is -0.132. The molecule has 0 spiro atoms. The quantitative estimate of drug-likeness (QED) is 0.538. The van der Waals surface area contributed by atoms with E-state index in [1.165, 1.54) is 17.5 Å². The first-order chi connectivity index (χ1) is 13.0. The van der Waals surface area contributed by atoms with Crippen molar-refractivity contribution in [1.82, 2.24) is 0 Å². The maximum Gasteiger partial charge on any atom is 0.294 e. The number of benzene rings is 2. The zero-order valence-electron chi connectivity index (χ0n) is 18.6. The van der Waals surface area contributed by atoms with Crippen molar-refractivity contribution in [2.45, 2.75) is 67.4 Å². The maximum atomic E-state index is 10.7. The molecule has 2 nitrogen and oxygen atoms in total. The van der Waals surface area contributed by atoms with E-state index in [9.17, 15) is 4.79 Å². The van der Waals surface area contributed by atoms with Crippen LogP contribution in [0, 0.1) is 16.7 Å². The molecule has 0 bridgehead atoms. The highest BCUT2D eigenvalue weighted by Gasteiger charge is 2.26. The Hall–Kier alpha value is -2.09. The Balaban J connectivity index is 0.000000224. The van der Waals surface area contributed by atoms with Gasteiger partial charge in [0.15, 0.2) is 6.10 Å². The third kappa shape index (κ3) is 5.95. The second-order valence-corrected chi connectivity index (χ2v) is 10.2. The fourth-order valence-electron chi connectivity index (χ4n) is 3.70. The van der Waals surface area contributed by atoms with E-state index in [0.717, 1.165) is 23.5 Å². The van der Waals surface area contributed by atoms with Gasteiger partial charge in [-0.3, -0.25) is 4.79 Å². The van der Waals surface area contributed by atoms with Crippen LogP contribution in [0.3, 0.4) is 0 Å². The van der Waals surface area contributed by atoms with Gasteiger partial charge in [-0.1, -0.05) is 97.0 Å². The van der Waals surface area contributed by atoms with Crippen LogP contribution in [-0.4, -0.2) is 6.47 Å². The molecular formula is C26H36O2. The van der Waals surface area contributed by atoms with Crippen molar-refractivity contribution in [3.8, 4) is 0 Å². The summed E-state index contributed by atoms with van der Waals surface area (Å²) in [5.74, 6) is 0.808. The van der Waals surface area contributed by atoms with Crippen molar-refractivity contribution in [3.63, 3.8) is 0 Å². The predicted octanol–water partition coefficient (Wildman–Crippen LogP) is 6.96. The summed E-state index contributed by atoms with van der Waals surface area (Å²) in [5, 5.41) is 0.